The van der Waals surface area contributed by atoms with Crippen molar-refractivity contribution in [3.8, 4) is 0 Å². The summed E-state index contributed by atoms with van der Waals surface area (Å²) in [5.74, 6) is 0.0981. The number of carbonyl (C=O) groups excluding carboxylic acids is 1. The highest BCUT2D eigenvalue weighted by Crippen LogP contribution is 2.24. The number of hydrogen-bond acceptors (Lipinski definition) is 3. The molecule has 0 bridgehead atoms. The Morgan fingerprint density at radius 1 is 1.09 bits per heavy atom. The maximum Gasteiger partial charge on any atom is 0.164 e. The maximum atomic E-state index is 12.7. The first kappa shape index (κ1) is 19.2. The molecule has 0 aliphatic rings. The van der Waals surface area contributed by atoms with Crippen LogP contribution in [0.4, 0.5) is 0 Å². The Balaban J connectivity index is 2.94. The zero-order valence-corrected chi connectivity index (χ0v) is 15.4. The minimum absolute atomic E-state index is 0.0981. The zero-order chi connectivity index (χ0) is 16.9. The summed E-state index contributed by atoms with van der Waals surface area (Å²) in [5.41, 5.74) is 0.402. The molecule has 0 N–H and O–H groups in total. The molecule has 122 valence electrons. The second kappa shape index (κ2) is 8.11. The third-order valence-corrected chi connectivity index (χ3v) is 4.04. The van der Waals surface area contributed by atoms with Gasteiger partial charge in [-0.1, -0.05) is 35.3 Å². The third-order valence-electron chi connectivity index (χ3n) is 3.30. The molecule has 3 nitrogen and oxygen atoms in total. The summed E-state index contributed by atoms with van der Waals surface area (Å²) >= 11 is 11.9. The number of ketones is 1. The van der Waals surface area contributed by atoms with E-state index in [0.717, 1.165) is 5.56 Å². The first-order valence-corrected chi connectivity index (χ1v) is 7.87. The quantitative estimate of drug-likeness (QED) is 0.705. The van der Waals surface area contributed by atoms with Gasteiger partial charge in [-0.25, -0.2) is 0 Å². The highest BCUT2D eigenvalue weighted by molar-refractivity contribution is 6.42. The van der Waals surface area contributed by atoms with Gasteiger partial charge in [-0.05, 0) is 58.9 Å². The van der Waals surface area contributed by atoms with Gasteiger partial charge in [-0.2, -0.15) is 0 Å². The fourth-order valence-corrected chi connectivity index (χ4v) is 2.90. The molecule has 0 spiro atoms. The van der Waals surface area contributed by atoms with E-state index in [9.17, 15) is 4.79 Å². The second-order valence-corrected chi connectivity index (χ2v) is 7.22. The number of nitrogens with zero attached hydrogens (tertiary/aromatic N) is 2. The Bertz CT molecular complexity index is 544. The Hall–Kier alpha value is -0.870. The van der Waals surface area contributed by atoms with Gasteiger partial charge in [0.15, 0.2) is 5.78 Å². The van der Waals surface area contributed by atoms with E-state index >= 15 is 0 Å². The average molecular weight is 343 g/mol. The standard InChI is InChI=1S/C17H24Cl2N2O/c1-17(11-20(2)3,12-21(4)5)16(22)9-7-13-6-8-14(18)15(19)10-13/h6-10H,11-12H2,1-5H3/b9-7+. The summed E-state index contributed by atoms with van der Waals surface area (Å²) in [4.78, 5) is 16.7. The van der Waals surface area contributed by atoms with Gasteiger partial charge in [0, 0.05) is 13.1 Å². The van der Waals surface area contributed by atoms with E-state index in [1.54, 1.807) is 24.3 Å². The molecule has 0 fully saturated rings. The average Bonchev–Trinajstić information content (AvgIpc) is 2.37. The number of carbonyl (C=O) groups is 1. The van der Waals surface area contributed by atoms with Gasteiger partial charge in [-0.3, -0.25) is 4.79 Å². The Kier molecular flexibility index (Phi) is 7.07. The normalized spacial score (nSPS) is 12.6. The minimum atomic E-state index is -0.459. The lowest BCUT2D eigenvalue weighted by Gasteiger charge is -2.32. The summed E-state index contributed by atoms with van der Waals surface area (Å²) in [6, 6.07) is 5.32. The van der Waals surface area contributed by atoms with Gasteiger partial charge in [0.1, 0.15) is 0 Å². The van der Waals surface area contributed by atoms with Crippen molar-refractivity contribution in [1.29, 1.82) is 0 Å². The van der Waals surface area contributed by atoms with Crippen molar-refractivity contribution in [2.45, 2.75) is 6.92 Å². The second-order valence-electron chi connectivity index (χ2n) is 6.41. The van der Waals surface area contributed by atoms with Crippen LogP contribution in [0.2, 0.25) is 10.0 Å². The van der Waals surface area contributed by atoms with Crippen molar-refractivity contribution >= 4 is 35.1 Å². The van der Waals surface area contributed by atoms with Crippen LogP contribution in [0.25, 0.3) is 6.08 Å². The van der Waals surface area contributed by atoms with Crippen molar-refractivity contribution < 1.29 is 4.79 Å². The Labute approximate surface area is 143 Å². The van der Waals surface area contributed by atoms with Crippen LogP contribution in [0.1, 0.15) is 12.5 Å². The van der Waals surface area contributed by atoms with Crippen LogP contribution in [-0.2, 0) is 4.79 Å². The van der Waals surface area contributed by atoms with E-state index in [4.69, 9.17) is 23.2 Å². The summed E-state index contributed by atoms with van der Waals surface area (Å²) in [7, 11) is 7.90. The smallest absolute Gasteiger partial charge is 0.164 e. The monoisotopic (exact) mass is 342 g/mol. The predicted molar refractivity (Wildman–Crippen MR) is 95.7 cm³/mol. The molecule has 1 aromatic rings. The molecule has 22 heavy (non-hydrogen) atoms. The minimum Gasteiger partial charge on any atom is -0.308 e. The summed E-state index contributed by atoms with van der Waals surface area (Å²) in [5, 5.41) is 0.996. The van der Waals surface area contributed by atoms with Gasteiger partial charge in [0.2, 0.25) is 0 Å². The molecule has 0 saturated heterocycles. The van der Waals surface area contributed by atoms with Crippen LogP contribution in [0, 0.1) is 5.41 Å². The zero-order valence-electron chi connectivity index (χ0n) is 13.9. The SMILES string of the molecule is CN(C)CC(C)(CN(C)C)C(=O)/C=C/c1ccc(Cl)c(Cl)c1. The van der Waals surface area contributed by atoms with E-state index in [1.165, 1.54) is 0 Å². The van der Waals surface area contributed by atoms with Gasteiger partial charge >= 0.3 is 0 Å². The lowest BCUT2D eigenvalue weighted by atomic mass is 9.84. The predicted octanol–water partition coefficient (Wildman–Crippen LogP) is 3.71. The number of benzene rings is 1. The number of allylic oxidation sites excluding steroid dienone is 1. The van der Waals surface area contributed by atoms with Gasteiger partial charge < -0.3 is 9.80 Å². The van der Waals surface area contributed by atoms with Gasteiger partial charge in [0.25, 0.3) is 0 Å². The van der Waals surface area contributed by atoms with Gasteiger partial charge in [0.05, 0.1) is 15.5 Å². The summed E-state index contributed by atoms with van der Waals surface area (Å²) in [6.07, 6.45) is 3.42. The maximum absolute atomic E-state index is 12.7. The lowest BCUT2D eigenvalue weighted by molar-refractivity contribution is -0.124. The van der Waals surface area contributed by atoms with Crippen LogP contribution in [0.5, 0.6) is 0 Å². The first-order valence-electron chi connectivity index (χ1n) is 7.11. The molecule has 1 aromatic carbocycles. The van der Waals surface area contributed by atoms with Crippen LogP contribution >= 0.6 is 23.2 Å². The van der Waals surface area contributed by atoms with Gasteiger partial charge in [-0.15, -0.1) is 0 Å². The number of halogens is 2. The number of rotatable bonds is 7. The van der Waals surface area contributed by atoms with E-state index in [0.29, 0.717) is 23.1 Å². The Morgan fingerprint density at radius 3 is 2.09 bits per heavy atom. The fraction of sp³-hybridized carbons (Fsp3) is 0.471. The highest BCUT2D eigenvalue weighted by atomic mass is 35.5. The van der Waals surface area contributed by atoms with Crippen LogP contribution < -0.4 is 0 Å². The molecule has 0 aliphatic heterocycles. The molecule has 0 radical (unpaired) electrons. The van der Waals surface area contributed by atoms with Crippen molar-refractivity contribution in [1.82, 2.24) is 9.80 Å². The van der Waals surface area contributed by atoms with Crippen molar-refractivity contribution in [3.63, 3.8) is 0 Å². The van der Waals surface area contributed by atoms with E-state index in [2.05, 4.69) is 0 Å². The topological polar surface area (TPSA) is 23.6 Å². The number of hydrogen-bond donors (Lipinski definition) is 0. The largest absolute Gasteiger partial charge is 0.308 e. The molecule has 0 unspecified atom stereocenters. The van der Waals surface area contributed by atoms with E-state index in [-0.39, 0.29) is 5.78 Å². The van der Waals surface area contributed by atoms with Crippen LogP contribution in [0.3, 0.4) is 0 Å². The molecule has 0 aromatic heterocycles. The molecule has 0 aliphatic carbocycles. The molecule has 0 amide bonds. The summed E-state index contributed by atoms with van der Waals surface area (Å²) < 4.78 is 0. The first-order chi connectivity index (χ1) is 10.1. The molecule has 0 heterocycles. The summed E-state index contributed by atoms with van der Waals surface area (Å²) in [6.45, 7) is 3.37. The molecular weight excluding hydrogens is 319 g/mol. The molecule has 0 atom stereocenters. The van der Waals surface area contributed by atoms with E-state index < -0.39 is 5.41 Å². The molecule has 0 saturated carbocycles. The van der Waals surface area contributed by atoms with E-state index in [1.807, 2.05) is 51.0 Å². The van der Waals surface area contributed by atoms with Crippen LogP contribution in [0.15, 0.2) is 24.3 Å². The highest BCUT2D eigenvalue weighted by Gasteiger charge is 2.32. The molecular formula is C17H24Cl2N2O. The fourth-order valence-electron chi connectivity index (χ4n) is 2.59. The van der Waals surface area contributed by atoms with Crippen molar-refractivity contribution in [3.05, 3.63) is 39.9 Å². The van der Waals surface area contributed by atoms with Crippen LogP contribution in [-0.4, -0.2) is 56.9 Å². The third kappa shape index (κ3) is 5.73. The van der Waals surface area contributed by atoms with Crippen molar-refractivity contribution in [2.24, 2.45) is 5.41 Å². The molecule has 1 rings (SSSR count). The van der Waals surface area contributed by atoms with Crippen molar-refractivity contribution in [2.75, 3.05) is 41.3 Å². The Morgan fingerprint density at radius 2 is 1.64 bits per heavy atom. The lowest BCUT2D eigenvalue weighted by Crippen LogP contribution is -2.44. The molecule has 5 heteroatoms.